The van der Waals surface area contributed by atoms with Crippen LogP contribution in [0.5, 0.6) is 0 Å². The highest BCUT2D eigenvalue weighted by Gasteiger charge is 2.22. The molecule has 1 aromatic carbocycles. The van der Waals surface area contributed by atoms with Crippen molar-refractivity contribution in [2.45, 2.75) is 64.8 Å². The van der Waals surface area contributed by atoms with Crippen LogP contribution in [-0.4, -0.2) is 84.8 Å². The zero-order valence-corrected chi connectivity index (χ0v) is 20.9. The maximum absolute atomic E-state index is 13.1. The van der Waals surface area contributed by atoms with Crippen molar-refractivity contribution >= 4 is 18.1 Å². The summed E-state index contributed by atoms with van der Waals surface area (Å²) < 4.78 is 0. The van der Waals surface area contributed by atoms with Crippen LogP contribution in [0, 0.1) is 0 Å². The third-order valence-electron chi connectivity index (χ3n) is 5.49. The molecule has 0 spiro atoms. The largest absolute Gasteiger partial charge is 0.365 e. The van der Waals surface area contributed by atoms with E-state index >= 15 is 0 Å². The number of carbonyl (C=O) groups is 3. The van der Waals surface area contributed by atoms with Gasteiger partial charge in [0.2, 0.25) is 0 Å². The van der Waals surface area contributed by atoms with Gasteiger partial charge < -0.3 is 36.6 Å². The Morgan fingerprint density at radius 2 is 1.37 bits per heavy atom. The lowest BCUT2D eigenvalue weighted by molar-refractivity contribution is 0.0877. The van der Waals surface area contributed by atoms with Crippen LogP contribution >= 0.6 is 0 Å². The van der Waals surface area contributed by atoms with Crippen molar-refractivity contribution < 1.29 is 19.5 Å². The maximum Gasteiger partial charge on any atom is 0.318 e. The summed E-state index contributed by atoms with van der Waals surface area (Å²) in [5, 5.41) is 30.0. The van der Waals surface area contributed by atoms with Crippen molar-refractivity contribution in [2.75, 3.05) is 26.2 Å². The molecule has 1 aliphatic heterocycles. The fraction of sp³-hybridized carbons (Fsp3) is 0.609. The third kappa shape index (κ3) is 10.8. The second-order valence-electron chi connectivity index (χ2n) is 9.04. The topological polar surface area (TPSA) is 159 Å². The molecule has 0 aliphatic carbocycles. The first-order valence-electron chi connectivity index (χ1n) is 12.0. The minimum atomic E-state index is -1.02. The minimum absolute atomic E-state index is 0.235. The number of aliphatic hydroxyl groups excluding tert-OH is 1. The molecular formula is C23H40N8O4. The lowest BCUT2D eigenvalue weighted by Gasteiger charge is -2.31. The average molecular weight is 493 g/mol. The first-order valence-corrected chi connectivity index (χ1v) is 12.0. The number of carbonyl (C=O) groups excluding carboxylic acids is 3. The molecule has 12 nitrogen and oxygen atoms in total. The molecule has 6 amide bonds. The number of rotatable bonds is 2. The van der Waals surface area contributed by atoms with E-state index in [1.807, 2.05) is 44.2 Å². The van der Waals surface area contributed by atoms with Gasteiger partial charge in [0.05, 0.1) is 0 Å². The van der Waals surface area contributed by atoms with E-state index in [1.54, 1.807) is 18.7 Å². The quantitative estimate of drug-likeness (QED) is 0.286. The molecule has 1 aliphatic rings. The molecule has 196 valence electrons. The van der Waals surface area contributed by atoms with Gasteiger partial charge in [-0.3, -0.25) is 10.6 Å². The predicted octanol–water partition coefficient (Wildman–Crippen LogP) is -0.181. The Balaban J connectivity index is 2.10. The Bertz CT molecular complexity index is 812. The number of amides is 6. The Hall–Kier alpha value is -3.09. The molecule has 1 saturated heterocycles. The second kappa shape index (κ2) is 14.3. The van der Waals surface area contributed by atoms with Crippen molar-refractivity contribution in [1.29, 1.82) is 0 Å². The first kappa shape index (κ1) is 28.1. The van der Waals surface area contributed by atoms with E-state index in [-0.39, 0.29) is 61.9 Å². The Morgan fingerprint density at radius 1 is 0.800 bits per heavy atom. The summed E-state index contributed by atoms with van der Waals surface area (Å²) in [6.45, 7) is 8.71. The van der Waals surface area contributed by atoms with E-state index in [0.29, 0.717) is 13.1 Å². The van der Waals surface area contributed by atoms with Crippen LogP contribution in [0.25, 0.3) is 0 Å². The molecule has 0 radical (unpaired) electrons. The van der Waals surface area contributed by atoms with Crippen LogP contribution in [0.1, 0.15) is 33.3 Å². The SMILES string of the molecule is C[C@@H]1CNC(=O)N[C@@H](C)CNC(O)N[C@H](C)CNC(=O)N(Cc2ccccc2)[C@@H](C)CNC(=O)N1. The number of aliphatic hydroxyl groups is 1. The van der Waals surface area contributed by atoms with Gasteiger partial charge >= 0.3 is 18.1 Å². The average Bonchev–Trinajstić information content (AvgIpc) is 2.82. The highest BCUT2D eigenvalue weighted by molar-refractivity contribution is 5.76. The van der Waals surface area contributed by atoms with Crippen molar-refractivity contribution in [3.05, 3.63) is 35.9 Å². The monoisotopic (exact) mass is 492 g/mol. The summed E-state index contributed by atoms with van der Waals surface area (Å²) in [4.78, 5) is 39.2. The summed E-state index contributed by atoms with van der Waals surface area (Å²) in [6.07, 6.45) is -1.02. The van der Waals surface area contributed by atoms with Crippen molar-refractivity contribution in [3.63, 3.8) is 0 Å². The van der Waals surface area contributed by atoms with Gasteiger partial charge in [0.1, 0.15) is 0 Å². The number of nitrogens with one attached hydrogen (secondary N) is 7. The molecule has 1 aromatic rings. The highest BCUT2D eigenvalue weighted by Crippen LogP contribution is 2.09. The molecule has 12 heteroatoms. The standard InChI is InChI=1S/C23H40N8O4/c1-15-10-25-21(33)30-17(3)12-27-23(35)31(14-19-8-6-5-7-9-19)18(4)13-26-22(34)29-16(2)11-24-20(32)28-15/h5-9,15-18,21,25,30,33H,10-14H2,1-4H3,(H,27,35)(H2,24,28,32)(H2,26,29,34)/t15-,16+,17+,18-,21?/m0/s1. The zero-order valence-electron chi connectivity index (χ0n) is 20.9. The van der Waals surface area contributed by atoms with E-state index in [9.17, 15) is 19.5 Å². The van der Waals surface area contributed by atoms with Gasteiger partial charge in [-0.2, -0.15) is 0 Å². The van der Waals surface area contributed by atoms with Gasteiger partial charge in [-0.1, -0.05) is 30.3 Å². The van der Waals surface area contributed by atoms with Gasteiger partial charge in [-0.05, 0) is 33.3 Å². The third-order valence-corrected chi connectivity index (χ3v) is 5.49. The summed E-state index contributed by atoms with van der Waals surface area (Å²) in [5.74, 6) is 0. The number of hydrogen-bond acceptors (Lipinski definition) is 6. The Labute approximate surface area is 207 Å². The fourth-order valence-electron chi connectivity index (χ4n) is 3.47. The molecular weight excluding hydrogens is 452 g/mol. The van der Waals surface area contributed by atoms with Gasteiger partial charge in [0.15, 0.2) is 6.35 Å². The van der Waals surface area contributed by atoms with Gasteiger partial charge in [-0.25, -0.2) is 14.4 Å². The molecule has 1 unspecified atom stereocenters. The van der Waals surface area contributed by atoms with Crippen molar-refractivity contribution in [2.24, 2.45) is 0 Å². The second-order valence-corrected chi connectivity index (χ2v) is 9.04. The van der Waals surface area contributed by atoms with E-state index in [4.69, 9.17) is 0 Å². The van der Waals surface area contributed by atoms with Gasteiger partial charge in [0, 0.05) is 56.9 Å². The van der Waals surface area contributed by atoms with Crippen LogP contribution in [0.4, 0.5) is 14.4 Å². The maximum atomic E-state index is 13.1. The molecule has 0 bridgehead atoms. The molecule has 5 atom stereocenters. The van der Waals surface area contributed by atoms with Crippen LogP contribution in [0.15, 0.2) is 30.3 Å². The van der Waals surface area contributed by atoms with Gasteiger partial charge in [-0.15, -0.1) is 0 Å². The lowest BCUT2D eigenvalue weighted by atomic mass is 10.2. The number of urea groups is 3. The summed E-state index contributed by atoms with van der Waals surface area (Å²) in [5.41, 5.74) is 0.964. The van der Waals surface area contributed by atoms with E-state index < -0.39 is 6.35 Å². The Morgan fingerprint density at radius 3 is 2.03 bits per heavy atom. The van der Waals surface area contributed by atoms with Crippen molar-refractivity contribution in [3.8, 4) is 0 Å². The van der Waals surface area contributed by atoms with E-state index in [0.717, 1.165) is 5.56 Å². The zero-order chi connectivity index (χ0) is 25.8. The molecule has 1 heterocycles. The molecule has 0 saturated carbocycles. The summed E-state index contributed by atoms with van der Waals surface area (Å²) in [7, 11) is 0. The first-order chi connectivity index (χ1) is 16.6. The van der Waals surface area contributed by atoms with Crippen LogP contribution < -0.4 is 37.2 Å². The molecule has 1 fully saturated rings. The van der Waals surface area contributed by atoms with Gasteiger partial charge in [0.25, 0.3) is 0 Å². The van der Waals surface area contributed by atoms with E-state index in [2.05, 4.69) is 37.2 Å². The van der Waals surface area contributed by atoms with Crippen LogP contribution in [0.3, 0.4) is 0 Å². The molecule has 8 N–H and O–H groups in total. The number of hydrogen-bond donors (Lipinski definition) is 8. The molecule has 2 rings (SSSR count). The minimum Gasteiger partial charge on any atom is -0.365 e. The molecule has 0 aromatic heterocycles. The molecule has 35 heavy (non-hydrogen) atoms. The smallest absolute Gasteiger partial charge is 0.318 e. The fourth-order valence-corrected chi connectivity index (χ4v) is 3.47. The number of nitrogens with zero attached hydrogens (tertiary/aromatic N) is 1. The summed E-state index contributed by atoms with van der Waals surface area (Å²) >= 11 is 0. The Kier molecular flexibility index (Phi) is 11.5. The van der Waals surface area contributed by atoms with Crippen LogP contribution in [-0.2, 0) is 6.54 Å². The number of benzene rings is 1. The highest BCUT2D eigenvalue weighted by atomic mass is 16.3. The summed E-state index contributed by atoms with van der Waals surface area (Å²) in [6, 6.07) is 7.47. The van der Waals surface area contributed by atoms with Crippen molar-refractivity contribution in [1.82, 2.24) is 42.1 Å². The lowest BCUT2D eigenvalue weighted by Crippen LogP contribution is -2.56. The predicted molar refractivity (Wildman–Crippen MR) is 133 cm³/mol. The van der Waals surface area contributed by atoms with Crippen LogP contribution in [0.2, 0.25) is 0 Å². The van der Waals surface area contributed by atoms with E-state index in [1.165, 1.54) is 0 Å². The normalized spacial score (nSPS) is 28.5.